The van der Waals surface area contributed by atoms with Crippen LogP contribution in [0, 0.1) is 0 Å². The molecule has 20 heavy (non-hydrogen) atoms. The van der Waals surface area contributed by atoms with Crippen LogP contribution >= 0.6 is 11.6 Å². The molecule has 0 spiro atoms. The number of hydrogen-bond donors (Lipinski definition) is 1. The Morgan fingerprint density at radius 1 is 1.10 bits per heavy atom. The summed E-state index contributed by atoms with van der Waals surface area (Å²) >= 11 is 5.88. The molecule has 0 saturated heterocycles. The Bertz CT molecular complexity index is 525. The SMILES string of the molecule is CCNCc1ccc(N(C)Cc2ccc(Cl)cc2)nn1. The molecule has 0 bridgehead atoms. The van der Waals surface area contributed by atoms with E-state index in [0.717, 1.165) is 36.2 Å². The molecule has 2 aromatic rings. The molecule has 2 rings (SSSR count). The molecule has 106 valence electrons. The standard InChI is InChI=1S/C15H19ClN4/c1-3-17-10-14-8-9-15(19-18-14)20(2)11-12-4-6-13(16)7-5-12/h4-9,17H,3,10-11H2,1-2H3. The number of aromatic nitrogens is 2. The molecule has 1 aromatic carbocycles. The van der Waals surface area contributed by atoms with Crippen molar-refractivity contribution in [3.8, 4) is 0 Å². The second-order valence-electron chi connectivity index (χ2n) is 4.65. The predicted octanol–water partition coefficient (Wildman–Crippen LogP) is 2.88. The van der Waals surface area contributed by atoms with E-state index in [0.29, 0.717) is 0 Å². The van der Waals surface area contributed by atoms with Crippen LogP contribution in [0.3, 0.4) is 0 Å². The number of rotatable bonds is 6. The van der Waals surface area contributed by atoms with E-state index in [1.54, 1.807) is 0 Å². The average molecular weight is 291 g/mol. The highest BCUT2D eigenvalue weighted by Crippen LogP contribution is 2.14. The number of benzene rings is 1. The molecular formula is C15H19ClN4. The lowest BCUT2D eigenvalue weighted by Gasteiger charge is -2.17. The van der Waals surface area contributed by atoms with Crippen molar-refractivity contribution in [3.63, 3.8) is 0 Å². The molecular weight excluding hydrogens is 272 g/mol. The zero-order chi connectivity index (χ0) is 14.4. The summed E-state index contributed by atoms with van der Waals surface area (Å²) in [7, 11) is 2.00. The minimum absolute atomic E-state index is 0.754. The Balaban J connectivity index is 1.98. The molecule has 4 nitrogen and oxygen atoms in total. The van der Waals surface area contributed by atoms with E-state index in [4.69, 9.17) is 11.6 Å². The lowest BCUT2D eigenvalue weighted by molar-refractivity contribution is 0.696. The summed E-state index contributed by atoms with van der Waals surface area (Å²) in [5, 5.41) is 12.5. The van der Waals surface area contributed by atoms with Crippen molar-refractivity contribution >= 4 is 17.4 Å². The van der Waals surface area contributed by atoms with Gasteiger partial charge in [-0.25, -0.2) is 0 Å². The Hall–Kier alpha value is -1.65. The minimum Gasteiger partial charge on any atom is -0.354 e. The molecule has 0 unspecified atom stereocenters. The summed E-state index contributed by atoms with van der Waals surface area (Å²) < 4.78 is 0. The van der Waals surface area contributed by atoms with E-state index >= 15 is 0 Å². The molecule has 0 aliphatic rings. The molecule has 0 atom stereocenters. The molecule has 0 saturated carbocycles. The zero-order valence-electron chi connectivity index (χ0n) is 11.8. The third-order valence-corrected chi connectivity index (χ3v) is 3.24. The van der Waals surface area contributed by atoms with Gasteiger partial charge in [0.05, 0.1) is 5.69 Å². The second-order valence-corrected chi connectivity index (χ2v) is 5.08. The van der Waals surface area contributed by atoms with Gasteiger partial charge in [-0.3, -0.25) is 0 Å². The molecule has 1 heterocycles. The van der Waals surface area contributed by atoms with Crippen LogP contribution in [0.4, 0.5) is 5.82 Å². The van der Waals surface area contributed by atoms with Gasteiger partial charge in [-0.15, -0.1) is 5.10 Å². The van der Waals surface area contributed by atoms with Gasteiger partial charge in [0, 0.05) is 25.2 Å². The first kappa shape index (κ1) is 14.8. The van der Waals surface area contributed by atoms with Crippen LogP contribution in [-0.4, -0.2) is 23.8 Å². The fraction of sp³-hybridized carbons (Fsp3) is 0.333. The lowest BCUT2D eigenvalue weighted by Crippen LogP contribution is -2.19. The number of halogens is 1. The molecule has 1 N–H and O–H groups in total. The summed E-state index contributed by atoms with van der Waals surface area (Å²) in [4.78, 5) is 2.06. The van der Waals surface area contributed by atoms with Gasteiger partial charge in [-0.05, 0) is 36.4 Å². The quantitative estimate of drug-likeness (QED) is 0.888. The summed E-state index contributed by atoms with van der Waals surface area (Å²) in [6.07, 6.45) is 0. The summed E-state index contributed by atoms with van der Waals surface area (Å²) in [5.74, 6) is 0.861. The average Bonchev–Trinajstić information content (AvgIpc) is 2.48. The zero-order valence-corrected chi connectivity index (χ0v) is 12.6. The Morgan fingerprint density at radius 3 is 2.45 bits per heavy atom. The molecule has 0 aliphatic carbocycles. The maximum Gasteiger partial charge on any atom is 0.151 e. The Labute approximate surface area is 124 Å². The van der Waals surface area contributed by atoms with Crippen LogP contribution in [0.25, 0.3) is 0 Å². The number of nitrogens with zero attached hydrogens (tertiary/aromatic N) is 3. The van der Waals surface area contributed by atoms with Crippen molar-refractivity contribution < 1.29 is 0 Å². The van der Waals surface area contributed by atoms with Crippen LogP contribution in [0.2, 0.25) is 5.02 Å². The second kappa shape index (κ2) is 7.22. The molecule has 0 radical (unpaired) electrons. The van der Waals surface area contributed by atoms with Crippen molar-refractivity contribution in [3.05, 3.63) is 52.7 Å². The van der Waals surface area contributed by atoms with Crippen molar-refractivity contribution in [1.29, 1.82) is 0 Å². The van der Waals surface area contributed by atoms with E-state index in [-0.39, 0.29) is 0 Å². The van der Waals surface area contributed by atoms with Crippen molar-refractivity contribution in [2.24, 2.45) is 0 Å². The van der Waals surface area contributed by atoms with Gasteiger partial charge in [-0.1, -0.05) is 30.7 Å². The van der Waals surface area contributed by atoms with Gasteiger partial charge in [0.25, 0.3) is 0 Å². The van der Waals surface area contributed by atoms with Crippen LogP contribution < -0.4 is 10.2 Å². The van der Waals surface area contributed by atoms with Crippen LogP contribution in [0.5, 0.6) is 0 Å². The molecule has 5 heteroatoms. The summed E-state index contributed by atoms with van der Waals surface area (Å²) in [6.45, 7) is 4.53. The topological polar surface area (TPSA) is 41.0 Å². The van der Waals surface area contributed by atoms with Gasteiger partial charge in [-0.2, -0.15) is 5.10 Å². The van der Waals surface area contributed by atoms with Crippen LogP contribution in [0.15, 0.2) is 36.4 Å². The largest absolute Gasteiger partial charge is 0.354 e. The van der Waals surface area contributed by atoms with Gasteiger partial charge in [0.15, 0.2) is 5.82 Å². The minimum atomic E-state index is 0.754. The highest BCUT2D eigenvalue weighted by atomic mass is 35.5. The highest BCUT2D eigenvalue weighted by molar-refractivity contribution is 6.30. The Morgan fingerprint density at radius 2 is 1.85 bits per heavy atom. The maximum absolute atomic E-state index is 5.88. The first-order valence-electron chi connectivity index (χ1n) is 6.68. The lowest BCUT2D eigenvalue weighted by atomic mass is 10.2. The van der Waals surface area contributed by atoms with Gasteiger partial charge in [0.2, 0.25) is 0 Å². The van der Waals surface area contributed by atoms with E-state index in [1.807, 2.05) is 43.4 Å². The summed E-state index contributed by atoms with van der Waals surface area (Å²) in [6, 6.07) is 11.8. The van der Waals surface area contributed by atoms with Gasteiger partial charge >= 0.3 is 0 Å². The fourth-order valence-electron chi connectivity index (χ4n) is 1.85. The number of hydrogen-bond acceptors (Lipinski definition) is 4. The summed E-state index contributed by atoms with van der Waals surface area (Å²) in [5.41, 5.74) is 2.14. The highest BCUT2D eigenvalue weighted by Gasteiger charge is 2.05. The van der Waals surface area contributed by atoms with E-state index < -0.39 is 0 Å². The van der Waals surface area contributed by atoms with E-state index in [2.05, 4.69) is 27.3 Å². The van der Waals surface area contributed by atoms with Crippen molar-refractivity contribution in [2.45, 2.75) is 20.0 Å². The molecule has 1 aromatic heterocycles. The first-order valence-corrected chi connectivity index (χ1v) is 7.05. The third-order valence-electron chi connectivity index (χ3n) is 2.99. The number of nitrogens with one attached hydrogen (secondary N) is 1. The smallest absolute Gasteiger partial charge is 0.151 e. The Kier molecular flexibility index (Phi) is 5.32. The fourth-order valence-corrected chi connectivity index (χ4v) is 1.97. The molecule has 0 fully saturated rings. The molecule has 0 amide bonds. The van der Waals surface area contributed by atoms with Gasteiger partial charge in [0.1, 0.15) is 0 Å². The third kappa shape index (κ3) is 4.18. The van der Waals surface area contributed by atoms with E-state index in [9.17, 15) is 0 Å². The van der Waals surface area contributed by atoms with Crippen LogP contribution in [0.1, 0.15) is 18.2 Å². The molecule has 0 aliphatic heterocycles. The van der Waals surface area contributed by atoms with E-state index in [1.165, 1.54) is 5.56 Å². The van der Waals surface area contributed by atoms with Crippen LogP contribution in [-0.2, 0) is 13.1 Å². The maximum atomic E-state index is 5.88. The van der Waals surface area contributed by atoms with Crippen molar-refractivity contribution in [1.82, 2.24) is 15.5 Å². The van der Waals surface area contributed by atoms with Crippen molar-refractivity contribution in [2.75, 3.05) is 18.5 Å². The predicted molar refractivity (Wildman–Crippen MR) is 83.0 cm³/mol. The first-order chi connectivity index (χ1) is 9.69. The normalized spacial score (nSPS) is 10.6. The van der Waals surface area contributed by atoms with Gasteiger partial charge < -0.3 is 10.2 Å². The number of anilines is 1. The monoisotopic (exact) mass is 290 g/mol.